The van der Waals surface area contributed by atoms with Crippen LogP contribution in [0.15, 0.2) is 37.8 Å². The zero-order valence-electron chi connectivity index (χ0n) is 3.83. The van der Waals surface area contributed by atoms with E-state index in [1.165, 1.54) is 0 Å². The van der Waals surface area contributed by atoms with Crippen LogP contribution in [0, 0.1) is 0 Å². The lowest BCUT2D eigenvalue weighted by atomic mass is 10.9. The minimum atomic E-state index is 2.32. The molecule has 0 fully saturated rings. The molecule has 0 heterocycles. The highest BCUT2D eigenvalue weighted by Gasteiger charge is 1.08. The molecule has 0 aromatic heterocycles. The maximum absolute atomic E-state index is 3.18. The van der Waals surface area contributed by atoms with E-state index in [9.17, 15) is 0 Å². The largest absolute Gasteiger partial charge is 0.106 e. The molecular weight excluding hydrogens is 72.1 g/mol. The van der Waals surface area contributed by atoms with Crippen molar-refractivity contribution in [1.29, 1.82) is 0 Å². The normalized spacial score (nSPS) is 2.67. The van der Waals surface area contributed by atoms with Crippen LogP contribution >= 0.6 is 0 Å². The van der Waals surface area contributed by atoms with E-state index in [0.29, 0.717) is 0 Å². The summed E-state index contributed by atoms with van der Waals surface area (Å²) < 4.78 is 0. The van der Waals surface area contributed by atoms with Gasteiger partial charge in [-0.1, -0.05) is 11.5 Å². The number of rotatable bonds is 0. The van der Waals surface area contributed by atoms with Crippen LogP contribution in [0.1, 0.15) is 0 Å². The van der Waals surface area contributed by atoms with Gasteiger partial charge in [0.05, 0.1) is 0 Å². The second kappa shape index (κ2) is 34.5. The van der Waals surface area contributed by atoms with E-state index in [4.69, 9.17) is 0 Å². The van der Waals surface area contributed by atoms with Gasteiger partial charge in [0.25, 0.3) is 0 Å². The molecule has 0 bridgehead atoms. The molecular formula is C6H8. The average molecular weight is 80.1 g/mol. The minimum Gasteiger partial charge on any atom is -0.106 e. The summed E-state index contributed by atoms with van der Waals surface area (Å²) in [5.41, 5.74) is 4.64. The molecule has 0 aliphatic rings. The van der Waals surface area contributed by atoms with Gasteiger partial charge in [0.15, 0.2) is 0 Å². The molecule has 0 amide bonds. The molecule has 6 heavy (non-hydrogen) atoms. The molecule has 0 unspecified atom stereocenters. The van der Waals surface area contributed by atoms with Crippen LogP contribution in [0.5, 0.6) is 0 Å². The predicted molar refractivity (Wildman–Crippen MR) is 29.5 cm³/mol. The summed E-state index contributed by atoms with van der Waals surface area (Å²) in [5, 5.41) is 0. The molecule has 0 saturated heterocycles. The van der Waals surface area contributed by atoms with Gasteiger partial charge in [0.1, 0.15) is 0 Å². The van der Waals surface area contributed by atoms with Crippen molar-refractivity contribution in [3.63, 3.8) is 0 Å². The quantitative estimate of drug-likeness (QED) is 0.308. The molecule has 0 nitrogen and oxygen atoms in total. The third-order valence-electron chi connectivity index (χ3n) is 0.125. The van der Waals surface area contributed by atoms with Gasteiger partial charge in [0.2, 0.25) is 0 Å². The van der Waals surface area contributed by atoms with Crippen molar-refractivity contribution in [1.82, 2.24) is 0 Å². The molecule has 0 atom stereocenters. The van der Waals surface area contributed by atoms with Gasteiger partial charge < -0.3 is 0 Å². The van der Waals surface area contributed by atoms with Gasteiger partial charge in [-0.2, -0.15) is 0 Å². The first-order chi connectivity index (χ1) is 2.91. The maximum Gasteiger partial charge on any atom is -0.0481 e. The molecule has 0 aliphatic heterocycles. The first kappa shape index (κ1) is 8.90. The Morgan fingerprint density at radius 2 is 1.00 bits per heavy atom. The molecule has 0 rings (SSSR count). The highest BCUT2D eigenvalue weighted by molar-refractivity contribution is 4.66. The summed E-state index contributed by atoms with van der Waals surface area (Å²) in [6.45, 7) is 12.4. The monoisotopic (exact) mass is 80.1 g/mol. The number of hydrogen-bond acceptors (Lipinski definition) is 0. The van der Waals surface area contributed by atoms with Crippen LogP contribution in [0.3, 0.4) is 0 Å². The molecule has 0 aliphatic carbocycles. The lowest BCUT2D eigenvalue weighted by molar-refractivity contribution is 2.37. The fraction of sp³-hybridized carbons (Fsp3) is 0. The van der Waals surface area contributed by atoms with Crippen molar-refractivity contribution >= 4 is 0 Å². The summed E-state index contributed by atoms with van der Waals surface area (Å²) in [6.07, 6.45) is 0. The van der Waals surface area contributed by atoms with E-state index in [1.807, 2.05) is 0 Å². The zero-order chi connectivity index (χ0) is 5.41. The SMILES string of the molecule is C=C.C=C=C=C. The van der Waals surface area contributed by atoms with E-state index >= 15 is 0 Å². The molecule has 0 spiro atoms. The smallest absolute Gasteiger partial charge is 0.0481 e. The van der Waals surface area contributed by atoms with Crippen molar-refractivity contribution in [3.05, 3.63) is 37.8 Å². The molecule has 0 N–H and O–H groups in total. The van der Waals surface area contributed by atoms with Gasteiger partial charge in [-0.3, -0.25) is 0 Å². The highest BCUT2D eigenvalue weighted by Crippen LogP contribution is 1.30. The van der Waals surface area contributed by atoms with Crippen LogP contribution in [0.4, 0.5) is 0 Å². The van der Waals surface area contributed by atoms with Gasteiger partial charge in [-0.25, -0.2) is 0 Å². The third-order valence-corrected chi connectivity index (χ3v) is 0.125. The molecule has 0 aromatic carbocycles. The topological polar surface area (TPSA) is 0 Å². The Morgan fingerprint density at radius 3 is 1.00 bits per heavy atom. The van der Waals surface area contributed by atoms with Crippen molar-refractivity contribution < 1.29 is 0 Å². The van der Waals surface area contributed by atoms with Gasteiger partial charge in [0, 0.05) is 0 Å². The van der Waals surface area contributed by atoms with E-state index in [2.05, 4.69) is 37.8 Å². The van der Waals surface area contributed by atoms with E-state index < -0.39 is 0 Å². The zero-order valence-corrected chi connectivity index (χ0v) is 3.83. The average Bonchev–Trinajstić information content (AvgIpc) is 1.72. The number of hydrogen-bond donors (Lipinski definition) is 0. The lowest BCUT2D eigenvalue weighted by Gasteiger charge is -1.21. The summed E-state index contributed by atoms with van der Waals surface area (Å²) in [7, 11) is 0. The van der Waals surface area contributed by atoms with Crippen molar-refractivity contribution in [2.24, 2.45) is 0 Å². The first-order valence-corrected chi connectivity index (χ1v) is 1.46. The van der Waals surface area contributed by atoms with Gasteiger partial charge in [-0.05, 0) is 13.2 Å². The second-order valence-corrected chi connectivity index (χ2v) is 0.354. The third kappa shape index (κ3) is 7910. The van der Waals surface area contributed by atoms with E-state index in [-0.39, 0.29) is 0 Å². The highest BCUT2D eigenvalue weighted by atomic mass is 13.2. The van der Waals surface area contributed by atoms with Crippen LogP contribution in [-0.4, -0.2) is 0 Å². The molecule has 0 radical (unpaired) electrons. The summed E-state index contributed by atoms with van der Waals surface area (Å²) in [5.74, 6) is 0. The lowest BCUT2D eigenvalue weighted by Crippen LogP contribution is -0.988. The molecule has 0 heteroatoms. The Kier molecular flexibility index (Phi) is 51.2. The Morgan fingerprint density at radius 1 is 0.833 bits per heavy atom. The van der Waals surface area contributed by atoms with Crippen LogP contribution in [0.2, 0.25) is 0 Å². The van der Waals surface area contributed by atoms with Crippen LogP contribution in [0.25, 0.3) is 0 Å². The van der Waals surface area contributed by atoms with Crippen LogP contribution < -0.4 is 0 Å². The van der Waals surface area contributed by atoms with Gasteiger partial charge in [-0.15, -0.1) is 13.2 Å². The Balaban J connectivity index is 0. The maximum atomic E-state index is 3.18. The fourth-order valence-electron chi connectivity index (χ4n) is 0. The molecule has 0 saturated carbocycles. The van der Waals surface area contributed by atoms with Gasteiger partial charge >= 0.3 is 0 Å². The van der Waals surface area contributed by atoms with E-state index in [1.54, 1.807) is 0 Å². The van der Waals surface area contributed by atoms with Crippen LogP contribution in [-0.2, 0) is 0 Å². The summed E-state index contributed by atoms with van der Waals surface area (Å²) >= 11 is 0. The minimum absolute atomic E-state index is 2.32. The summed E-state index contributed by atoms with van der Waals surface area (Å²) in [4.78, 5) is 0. The van der Waals surface area contributed by atoms with Crippen molar-refractivity contribution in [2.45, 2.75) is 0 Å². The Hall–Kier alpha value is -0.960. The van der Waals surface area contributed by atoms with Crippen molar-refractivity contribution in [3.8, 4) is 0 Å². The first-order valence-electron chi connectivity index (χ1n) is 1.46. The standard InChI is InChI=1S/C4H4.C2H4/c1-3-4-2;1-2/h1-2H2;1-2H2. The Labute approximate surface area is 38.8 Å². The van der Waals surface area contributed by atoms with Crippen molar-refractivity contribution in [2.75, 3.05) is 0 Å². The summed E-state index contributed by atoms with van der Waals surface area (Å²) in [6, 6.07) is 0. The Bertz CT molecular complexity index is 60.0. The second-order valence-electron chi connectivity index (χ2n) is 0.354. The fourth-order valence-corrected chi connectivity index (χ4v) is 0. The van der Waals surface area contributed by atoms with E-state index in [0.717, 1.165) is 0 Å². The predicted octanol–water partition coefficient (Wildman–Crippen LogP) is 1.91. The molecule has 0 aromatic rings. The molecule has 32 valence electrons.